The molecule has 3 heterocycles. The van der Waals surface area contributed by atoms with E-state index in [1.165, 1.54) is 29.9 Å². The number of aryl methyl sites for hydroxylation is 1. The van der Waals surface area contributed by atoms with E-state index in [9.17, 15) is 9.59 Å². The molecule has 2 aliphatic rings. The van der Waals surface area contributed by atoms with Crippen molar-refractivity contribution in [3.63, 3.8) is 0 Å². The van der Waals surface area contributed by atoms with Gasteiger partial charge in [0.2, 0.25) is 5.91 Å². The Bertz CT molecular complexity index is 643. The minimum absolute atomic E-state index is 0.146. The smallest absolute Gasteiger partial charge is 0.281 e. The fourth-order valence-electron chi connectivity index (χ4n) is 2.95. The molecule has 2 N–H and O–H groups in total. The molecule has 0 saturated carbocycles. The van der Waals surface area contributed by atoms with Crippen LogP contribution in [0.3, 0.4) is 0 Å². The Morgan fingerprint density at radius 2 is 2.07 bits per heavy atom. The van der Waals surface area contributed by atoms with E-state index in [4.69, 9.17) is 4.74 Å². The number of carbonyl (C=O) groups excluding carboxylic acids is 2. The second-order valence-electron chi connectivity index (χ2n) is 6.59. The molecule has 0 bridgehead atoms. The summed E-state index contributed by atoms with van der Waals surface area (Å²) in [4.78, 5) is 31.5. The van der Waals surface area contributed by atoms with Crippen molar-refractivity contribution < 1.29 is 14.3 Å². The number of aromatic nitrogens is 1. The van der Waals surface area contributed by atoms with Gasteiger partial charge in [-0.05, 0) is 26.2 Å². The van der Waals surface area contributed by atoms with E-state index in [-0.39, 0.29) is 11.8 Å². The third-order valence-electron chi connectivity index (χ3n) is 4.50. The Morgan fingerprint density at radius 3 is 2.81 bits per heavy atom. The number of hydrogen-bond donors (Lipinski definition) is 2. The molecule has 27 heavy (non-hydrogen) atoms. The van der Waals surface area contributed by atoms with E-state index in [1.54, 1.807) is 0 Å². The lowest BCUT2D eigenvalue weighted by molar-refractivity contribution is -0.122. The average Bonchev–Trinajstić information content (AvgIpc) is 3.33. The van der Waals surface area contributed by atoms with Crippen molar-refractivity contribution in [1.29, 1.82) is 0 Å². The molecule has 10 heteroatoms. The summed E-state index contributed by atoms with van der Waals surface area (Å²) in [6, 6.07) is 0. The van der Waals surface area contributed by atoms with Crippen LogP contribution in [0.5, 0.6) is 0 Å². The zero-order chi connectivity index (χ0) is 19.1. The van der Waals surface area contributed by atoms with Crippen LogP contribution in [0, 0.1) is 6.92 Å². The maximum absolute atomic E-state index is 12.4. The number of anilines is 1. The van der Waals surface area contributed by atoms with E-state index < -0.39 is 0 Å². The molecule has 2 aliphatic heterocycles. The molecule has 0 radical (unpaired) electrons. The van der Waals surface area contributed by atoms with E-state index in [2.05, 4.69) is 20.7 Å². The first-order valence-electron chi connectivity index (χ1n) is 9.31. The van der Waals surface area contributed by atoms with Crippen molar-refractivity contribution >= 4 is 49.9 Å². The normalized spacial score (nSPS) is 19.9. The summed E-state index contributed by atoms with van der Waals surface area (Å²) >= 11 is 1.35. The Labute approximate surface area is 171 Å². The van der Waals surface area contributed by atoms with Crippen LogP contribution >= 0.6 is 32.9 Å². The van der Waals surface area contributed by atoms with Crippen LogP contribution < -0.4 is 15.8 Å². The zero-order valence-electron chi connectivity index (χ0n) is 15.5. The van der Waals surface area contributed by atoms with E-state index >= 15 is 0 Å². The summed E-state index contributed by atoms with van der Waals surface area (Å²) in [5.41, 5.74) is 5.72. The molecule has 0 aliphatic carbocycles. The van der Waals surface area contributed by atoms with Gasteiger partial charge in [0.15, 0.2) is 5.13 Å². The second-order valence-corrected chi connectivity index (χ2v) is 10.4. The number of rotatable bonds is 7. The predicted octanol–water partition coefficient (Wildman–Crippen LogP) is 2.76. The van der Waals surface area contributed by atoms with Gasteiger partial charge < -0.3 is 9.64 Å². The molecule has 0 aromatic carbocycles. The van der Waals surface area contributed by atoms with Crippen molar-refractivity contribution in [3.05, 3.63) is 10.6 Å². The lowest BCUT2D eigenvalue weighted by Crippen LogP contribution is -2.41. The predicted molar refractivity (Wildman–Crippen MR) is 112 cm³/mol. The fourth-order valence-corrected chi connectivity index (χ4v) is 6.99. The van der Waals surface area contributed by atoms with Gasteiger partial charge in [-0.2, -0.15) is 0 Å². The highest BCUT2D eigenvalue weighted by Gasteiger charge is 2.21. The monoisotopic (exact) mass is 430 g/mol. The summed E-state index contributed by atoms with van der Waals surface area (Å²) in [5.74, 6) is 0.788. The Balaban J connectivity index is 1.38. The third-order valence-corrected chi connectivity index (χ3v) is 8.72. The van der Waals surface area contributed by atoms with Gasteiger partial charge in [-0.25, -0.2) is 4.98 Å². The molecule has 1 atom stereocenters. The van der Waals surface area contributed by atoms with Gasteiger partial charge >= 0.3 is 0 Å². The van der Waals surface area contributed by atoms with Crippen molar-refractivity contribution in [3.8, 4) is 0 Å². The number of nitrogens with one attached hydrogen (secondary N) is 2. The van der Waals surface area contributed by atoms with E-state index in [1.807, 2.05) is 28.5 Å². The number of morpholine rings is 1. The first-order valence-corrected chi connectivity index (χ1v) is 12.5. The van der Waals surface area contributed by atoms with E-state index in [0.717, 1.165) is 36.3 Å². The number of hydrogen-bond acceptors (Lipinski definition) is 8. The maximum atomic E-state index is 12.4. The molecule has 7 nitrogen and oxygen atoms in total. The van der Waals surface area contributed by atoms with Crippen LogP contribution in [-0.2, 0) is 9.53 Å². The maximum Gasteiger partial charge on any atom is 0.281 e. The Hall–Kier alpha value is -0.970. The molecule has 2 fully saturated rings. The molecule has 3 rings (SSSR count). The van der Waals surface area contributed by atoms with Crippen LogP contribution in [0.2, 0.25) is 0 Å². The van der Waals surface area contributed by atoms with Crippen molar-refractivity contribution in [1.82, 2.24) is 15.8 Å². The molecule has 0 unspecified atom stereocenters. The number of thiazole rings is 1. The minimum Gasteiger partial charge on any atom is -0.378 e. The zero-order valence-corrected chi connectivity index (χ0v) is 17.9. The van der Waals surface area contributed by atoms with Crippen molar-refractivity contribution in [2.75, 3.05) is 37.0 Å². The molecule has 2 amide bonds. The van der Waals surface area contributed by atoms with Gasteiger partial charge in [0.25, 0.3) is 5.91 Å². The minimum atomic E-state index is -0.308. The number of carbonyl (C=O) groups is 2. The van der Waals surface area contributed by atoms with E-state index in [0.29, 0.717) is 30.2 Å². The standard InChI is InChI=1S/C17H26N4O3S3/c1-12-15(26-17(18-12)21-7-9-24-10-8-21)16(23)20-19-14(22)5-3-2-4-13-6-11-25-27-13/h13H,2-11H2,1H3,(H,19,22)(H,20,23)/t13-/m0/s1. The SMILES string of the molecule is Cc1nc(N2CCOCC2)sc1C(=O)NNC(=O)CCCC[C@H]1CCSS1. The lowest BCUT2D eigenvalue weighted by atomic mass is 10.1. The van der Waals surface area contributed by atoms with Gasteiger partial charge in [0.05, 0.1) is 18.9 Å². The molecule has 150 valence electrons. The van der Waals surface area contributed by atoms with Crippen LogP contribution in [0.1, 0.15) is 47.5 Å². The molecule has 1 aromatic heterocycles. The summed E-state index contributed by atoms with van der Waals surface area (Å²) in [7, 11) is 3.91. The quantitative estimate of drug-likeness (QED) is 0.391. The summed E-state index contributed by atoms with van der Waals surface area (Å²) < 4.78 is 5.35. The Morgan fingerprint density at radius 1 is 1.26 bits per heavy atom. The Kier molecular flexibility index (Phi) is 8.10. The highest BCUT2D eigenvalue weighted by atomic mass is 33.1. The van der Waals surface area contributed by atoms with Crippen LogP contribution in [-0.4, -0.2) is 54.1 Å². The molecular formula is C17H26N4O3S3. The molecule has 2 saturated heterocycles. The van der Waals surface area contributed by atoms with Crippen molar-refractivity contribution in [2.45, 2.75) is 44.3 Å². The number of unbranched alkanes of at least 4 members (excludes halogenated alkanes) is 1. The lowest BCUT2D eigenvalue weighted by Gasteiger charge is -2.25. The summed E-state index contributed by atoms with van der Waals surface area (Å²) in [5, 5.41) is 1.57. The van der Waals surface area contributed by atoms with Gasteiger partial charge in [-0.3, -0.25) is 20.4 Å². The van der Waals surface area contributed by atoms with Crippen LogP contribution in [0.15, 0.2) is 0 Å². The van der Waals surface area contributed by atoms with Crippen LogP contribution in [0.4, 0.5) is 5.13 Å². The highest BCUT2D eigenvalue weighted by Crippen LogP contribution is 2.39. The summed E-state index contributed by atoms with van der Waals surface area (Å²) in [6.07, 6.45) is 4.78. The number of amides is 2. The van der Waals surface area contributed by atoms with Gasteiger partial charge in [0.1, 0.15) is 4.88 Å². The highest BCUT2D eigenvalue weighted by molar-refractivity contribution is 8.77. The average molecular weight is 431 g/mol. The fraction of sp³-hybridized carbons (Fsp3) is 0.706. The summed E-state index contributed by atoms with van der Waals surface area (Å²) in [6.45, 7) is 4.73. The first kappa shape index (κ1) is 20.8. The first-order chi connectivity index (χ1) is 13.1. The topological polar surface area (TPSA) is 83.6 Å². The largest absolute Gasteiger partial charge is 0.378 e. The van der Waals surface area contributed by atoms with Gasteiger partial charge in [0, 0.05) is 30.5 Å². The molecule has 0 spiro atoms. The number of nitrogens with zero attached hydrogens (tertiary/aromatic N) is 2. The third kappa shape index (κ3) is 6.27. The number of ether oxygens (including phenoxy) is 1. The molecular weight excluding hydrogens is 404 g/mol. The second kappa shape index (κ2) is 10.5. The van der Waals surface area contributed by atoms with Crippen LogP contribution in [0.25, 0.3) is 0 Å². The van der Waals surface area contributed by atoms with Gasteiger partial charge in [-0.15, -0.1) is 0 Å². The van der Waals surface area contributed by atoms with Crippen molar-refractivity contribution in [2.24, 2.45) is 0 Å². The number of hydrazine groups is 1. The molecule has 1 aromatic rings. The van der Waals surface area contributed by atoms with Gasteiger partial charge in [-0.1, -0.05) is 39.3 Å².